The number of amides is 2. The number of morpholine rings is 1. The van der Waals surface area contributed by atoms with E-state index in [4.69, 9.17) is 9.47 Å². The summed E-state index contributed by atoms with van der Waals surface area (Å²) >= 11 is 1.41. The molecule has 2 amide bonds. The Morgan fingerprint density at radius 3 is 2.95 bits per heavy atom. The van der Waals surface area contributed by atoms with Crippen LogP contribution in [0.4, 0.5) is 9.93 Å². The molecule has 1 aromatic heterocycles. The molecule has 8 heteroatoms. The zero-order chi connectivity index (χ0) is 15.2. The smallest absolute Gasteiger partial charge is 0.321 e. The van der Waals surface area contributed by atoms with Crippen molar-refractivity contribution in [3.63, 3.8) is 0 Å². The molecule has 3 heterocycles. The standard InChI is InChI=1S/C14H22N4O3S/c19-13(17-14-15-2-8-22-14)16-9-12(11-1-5-21-10-11)18-3-6-20-7-4-18/h2,8,11-12H,1,3-7,9-10H2,(H2,15,16,17,19)/t11-,12+/m0/s1. The number of aromatic nitrogens is 1. The summed E-state index contributed by atoms with van der Waals surface area (Å²) in [5, 5.41) is 8.18. The van der Waals surface area contributed by atoms with Gasteiger partial charge in [-0.25, -0.2) is 9.78 Å². The number of thiazole rings is 1. The topological polar surface area (TPSA) is 75.7 Å². The van der Waals surface area contributed by atoms with E-state index in [0.717, 1.165) is 45.9 Å². The Balaban J connectivity index is 1.53. The molecular formula is C14H22N4O3S. The zero-order valence-corrected chi connectivity index (χ0v) is 13.3. The predicted molar refractivity (Wildman–Crippen MR) is 84.2 cm³/mol. The van der Waals surface area contributed by atoms with Gasteiger partial charge in [0.1, 0.15) is 0 Å². The van der Waals surface area contributed by atoms with E-state index in [2.05, 4.69) is 20.5 Å². The molecule has 0 aromatic carbocycles. The monoisotopic (exact) mass is 326 g/mol. The Morgan fingerprint density at radius 2 is 2.27 bits per heavy atom. The number of hydrogen-bond donors (Lipinski definition) is 2. The molecule has 2 N–H and O–H groups in total. The maximum atomic E-state index is 12.0. The highest BCUT2D eigenvalue weighted by Gasteiger charge is 2.31. The summed E-state index contributed by atoms with van der Waals surface area (Å²) in [4.78, 5) is 18.4. The average molecular weight is 326 g/mol. The summed E-state index contributed by atoms with van der Waals surface area (Å²) in [5.74, 6) is 0.471. The minimum Gasteiger partial charge on any atom is -0.381 e. The SMILES string of the molecule is O=C(NC[C@H]([C@H]1CCOC1)N1CCOCC1)Nc1nccs1. The molecule has 2 aliphatic rings. The van der Waals surface area contributed by atoms with Crippen LogP contribution in [0.1, 0.15) is 6.42 Å². The van der Waals surface area contributed by atoms with E-state index < -0.39 is 0 Å². The minimum atomic E-state index is -0.202. The lowest BCUT2D eigenvalue weighted by atomic mass is 9.97. The Labute approximate surface area is 134 Å². The van der Waals surface area contributed by atoms with Gasteiger partial charge in [-0.15, -0.1) is 11.3 Å². The second kappa shape index (κ2) is 7.87. The molecule has 3 rings (SSSR count). The number of nitrogens with one attached hydrogen (secondary N) is 2. The first-order chi connectivity index (χ1) is 10.8. The van der Waals surface area contributed by atoms with Crippen LogP contribution in [0.15, 0.2) is 11.6 Å². The molecule has 2 fully saturated rings. The number of rotatable bonds is 5. The summed E-state index contributed by atoms with van der Waals surface area (Å²) in [6.07, 6.45) is 2.73. The number of urea groups is 1. The maximum Gasteiger partial charge on any atom is 0.321 e. The molecule has 22 heavy (non-hydrogen) atoms. The lowest BCUT2D eigenvalue weighted by molar-refractivity contribution is 0.00222. The zero-order valence-electron chi connectivity index (χ0n) is 12.5. The van der Waals surface area contributed by atoms with Crippen molar-refractivity contribution in [1.29, 1.82) is 0 Å². The molecule has 7 nitrogen and oxygen atoms in total. The molecule has 0 spiro atoms. The lowest BCUT2D eigenvalue weighted by Gasteiger charge is -2.37. The Hall–Kier alpha value is -1.22. The van der Waals surface area contributed by atoms with Crippen molar-refractivity contribution in [3.05, 3.63) is 11.6 Å². The number of nitrogens with zero attached hydrogens (tertiary/aromatic N) is 2. The van der Waals surface area contributed by atoms with Gasteiger partial charge in [-0.1, -0.05) is 0 Å². The Morgan fingerprint density at radius 1 is 1.41 bits per heavy atom. The van der Waals surface area contributed by atoms with Gasteiger partial charge in [0.25, 0.3) is 0 Å². The van der Waals surface area contributed by atoms with Crippen LogP contribution in [0.5, 0.6) is 0 Å². The van der Waals surface area contributed by atoms with Gasteiger partial charge in [0, 0.05) is 49.8 Å². The molecular weight excluding hydrogens is 304 g/mol. The number of hydrogen-bond acceptors (Lipinski definition) is 6. The highest BCUT2D eigenvalue weighted by atomic mass is 32.1. The summed E-state index contributed by atoms with van der Waals surface area (Å²) in [5.41, 5.74) is 0. The molecule has 2 atom stereocenters. The van der Waals surface area contributed by atoms with Gasteiger partial charge < -0.3 is 14.8 Å². The fourth-order valence-corrected chi connectivity index (χ4v) is 3.51. The van der Waals surface area contributed by atoms with Crippen molar-refractivity contribution >= 4 is 22.5 Å². The Kier molecular flexibility index (Phi) is 5.60. The van der Waals surface area contributed by atoms with Crippen molar-refractivity contribution in [2.45, 2.75) is 12.5 Å². The third-order valence-electron chi connectivity index (χ3n) is 4.15. The third kappa shape index (κ3) is 4.16. The summed E-state index contributed by atoms with van der Waals surface area (Å²) in [6, 6.07) is 0.0977. The molecule has 2 saturated heterocycles. The first-order valence-electron chi connectivity index (χ1n) is 7.67. The molecule has 0 bridgehead atoms. The predicted octanol–water partition coefficient (Wildman–Crippen LogP) is 1.00. The average Bonchev–Trinajstić information content (AvgIpc) is 3.22. The molecule has 122 valence electrons. The summed E-state index contributed by atoms with van der Waals surface area (Å²) in [6.45, 7) is 5.55. The Bertz CT molecular complexity index is 459. The van der Waals surface area contributed by atoms with E-state index in [9.17, 15) is 4.79 Å². The van der Waals surface area contributed by atoms with Crippen LogP contribution in [0.2, 0.25) is 0 Å². The summed E-state index contributed by atoms with van der Waals surface area (Å²) in [7, 11) is 0. The number of carbonyl (C=O) groups is 1. The number of ether oxygens (including phenoxy) is 2. The van der Waals surface area contributed by atoms with E-state index >= 15 is 0 Å². The van der Waals surface area contributed by atoms with Gasteiger partial charge in [0.2, 0.25) is 0 Å². The van der Waals surface area contributed by atoms with Crippen molar-refractivity contribution < 1.29 is 14.3 Å². The summed E-state index contributed by atoms with van der Waals surface area (Å²) < 4.78 is 11.0. The van der Waals surface area contributed by atoms with Crippen LogP contribution in [-0.4, -0.2) is 68.0 Å². The van der Waals surface area contributed by atoms with Gasteiger partial charge in [-0.2, -0.15) is 0 Å². The fourth-order valence-electron chi connectivity index (χ4n) is 2.98. The number of anilines is 1. The molecule has 0 unspecified atom stereocenters. The lowest BCUT2D eigenvalue weighted by Crippen LogP contribution is -2.52. The van der Waals surface area contributed by atoms with Gasteiger partial charge >= 0.3 is 6.03 Å². The first-order valence-corrected chi connectivity index (χ1v) is 8.55. The molecule has 2 aliphatic heterocycles. The van der Waals surface area contributed by atoms with Crippen molar-refractivity contribution in [1.82, 2.24) is 15.2 Å². The third-order valence-corrected chi connectivity index (χ3v) is 4.84. The molecule has 0 saturated carbocycles. The van der Waals surface area contributed by atoms with Crippen molar-refractivity contribution in [3.8, 4) is 0 Å². The van der Waals surface area contributed by atoms with Crippen LogP contribution in [0.3, 0.4) is 0 Å². The largest absolute Gasteiger partial charge is 0.381 e. The highest BCUT2D eigenvalue weighted by Crippen LogP contribution is 2.22. The first kappa shape index (κ1) is 15.7. The van der Waals surface area contributed by atoms with Crippen LogP contribution in [0, 0.1) is 5.92 Å². The second-order valence-corrected chi connectivity index (χ2v) is 6.41. The van der Waals surface area contributed by atoms with Crippen molar-refractivity contribution in [2.24, 2.45) is 5.92 Å². The van der Waals surface area contributed by atoms with Crippen LogP contribution < -0.4 is 10.6 Å². The van der Waals surface area contributed by atoms with E-state index in [-0.39, 0.29) is 6.03 Å². The van der Waals surface area contributed by atoms with Gasteiger partial charge in [0.15, 0.2) is 5.13 Å². The second-order valence-electron chi connectivity index (χ2n) is 5.51. The molecule has 1 aromatic rings. The van der Waals surface area contributed by atoms with Crippen LogP contribution >= 0.6 is 11.3 Å². The molecule has 0 radical (unpaired) electrons. The van der Waals surface area contributed by atoms with E-state index in [1.165, 1.54) is 11.3 Å². The van der Waals surface area contributed by atoms with Gasteiger partial charge in [-0.3, -0.25) is 10.2 Å². The highest BCUT2D eigenvalue weighted by molar-refractivity contribution is 7.13. The van der Waals surface area contributed by atoms with Crippen LogP contribution in [0.25, 0.3) is 0 Å². The van der Waals surface area contributed by atoms with E-state index in [1.54, 1.807) is 6.20 Å². The van der Waals surface area contributed by atoms with Gasteiger partial charge in [0.05, 0.1) is 19.8 Å². The minimum absolute atomic E-state index is 0.202. The van der Waals surface area contributed by atoms with Gasteiger partial charge in [-0.05, 0) is 6.42 Å². The molecule has 0 aliphatic carbocycles. The van der Waals surface area contributed by atoms with E-state index in [0.29, 0.717) is 23.6 Å². The van der Waals surface area contributed by atoms with Crippen molar-refractivity contribution in [2.75, 3.05) is 51.4 Å². The number of carbonyl (C=O) groups excluding carboxylic acids is 1. The quantitative estimate of drug-likeness (QED) is 0.844. The van der Waals surface area contributed by atoms with Crippen LogP contribution in [-0.2, 0) is 9.47 Å². The normalized spacial score (nSPS) is 24.1. The maximum absolute atomic E-state index is 12.0. The fraction of sp³-hybridized carbons (Fsp3) is 0.714. The van der Waals surface area contributed by atoms with E-state index in [1.807, 2.05) is 5.38 Å².